The van der Waals surface area contributed by atoms with Crippen molar-refractivity contribution in [1.82, 2.24) is 10.3 Å². The summed E-state index contributed by atoms with van der Waals surface area (Å²) in [7, 11) is 1.69. The number of nitrogens with one attached hydrogen (secondary N) is 1. The van der Waals surface area contributed by atoms with E-state index in [1.807, 2.05) is 19.1 Å². The summed E-state index contributed by atoms with van der Waals surface area (Å²) in [5.74, 6) is 0.879. The molecule has 3 nitrogen and oxygen atoms in total. The van der Waals surface area contributed by atoms with E-state index in [9.17, 15) is 0 Å². The van der Waals surface area contributed by atoms with E-state index in [0.29, 0.717) is 5.41 Å². The molecule has 0 aliphatic heterocycles. The predicted octanol–water partition coefficient (Wildman–Crippen LogP) is 2.92. The Bertz CT molecular complexity index is 361. The molecular weight excluding hydrogens is 212 g/mol. The molecule has 0 saturated carbocycles. The first kappa shape index (κ1) is 14.0. The molecule has 0 spiro atoms. The van der Waals surface area contributed by atoms with Crippen LogP contribution in [0.15, 0.2) is 12.1 Å². The van der Waals surface area contributed by atoms with Crippen molar-refractivity contribution < 1.29 is 4.74 Å². The molecule has 96 valence electrons. The molecule has 1 rings (SSSR count). The number of ether oxygens (including phenoxy) is 1. The third-order valence-corrected chi connectivity index (χ3v) is 3.08. The van der Waals surface area contributed by atoms with Crippen molar-refractivity contribution in [3.63, 3.8) is 0 Å². The Labute approximate surface area is 105 Å². The highest BCUT2D eigenvalue weighted by atomic mass is 16.5. The molecule has 0 fully saturated rings. The number of hydrogen-bond donors (Lipinski definition) is 1. The zero-order valence-corrected chi connectivity index (χ0v) is 11.6. The first-order valence-electron chi connectivity index (χ1n) is 6.19. The third kappa shape index (κ3) is 4.73. The Morgan fingerprint density at radius 1 is 1.35 bits per heavy atom. The summed E-state index contributed by atoms with van der Waals surface area (Å²) in [6.07, 6.45) is 1.17. The van der Waals surface area contributed by atoms with Crippen molar-refractivity contribution >= 4 is 0 Å². The number of pyridine rings is 1. The number of aryl methyl sites for hydroxylation is 1. The van der Waals surface area contributed by atoms with Crippen molar-refractivity contribution in [2.45, 2.75) is 40.7 Å². The van der Waals surface area contributed by atoms with Crippen LogP contribution in [0.1, 0.15) is 38.6 Å². The summed E-state index contributed by atoms with van der Waals surface area (Å²) < 4.78 is 5.24. The summed E-state index contributed by atoms with van der Waals surface area (Å²) in [5, 5.41) is 3.45. The molecule has 0 unspecified atom stereocenters. The highest BCUT2D eigenvalue weighted by Gasteiger charge is 2.14. The van der Waals surface area contributed by atoms with Crippen molar-refractivity contribution in [3.05, 3.63) is 23.5 Å². The van der Waals surface area contributed by atoms with Crippen LogP contribution in [-0.4, -0.2) is 18.6 Å². The Balaban J connectivity index is 2.55. The molecule has 0 amide bonds. The highest BCUT2D eigenvalue weighted by Crippen LogP contribution is 2.18. The van der Waals surface area contributed by atoms with Crippen molar-refractivity contribution in [2.24, 2.45) is 5.41 Å². The van der Waals surface area contributed by atoms with Crippen molar-refractivity contribution in [2.75, 3.05) is 13.7 Å². The molecule has 1 aromatic rings. The minimum absolute atomic E-state index is 0.341. The van der Waals surface area contributed by atoms with Gasteiger partial charge in [-0.3, -0.25) is 4.98 Å². The molecule has 3 heteroatoms. The lowest BCUT2D eigenvalue weighted by Gasteiger charge is -2.22. The zero-order chi connectivity index (χ0) is 12.9. The molecule has 0 bridgehead atoms. The van der Waals surface area contributed by atoms with Gasteiger partial charge in [-0.2, -0.15) is 0 Å². The van der Waals surface area contributed by atoms with E-state index >= 15 is 0 Å². The van der Waals surface area contributed by atoms with E-state index in [-0.39, 0.29) is 0 Å². The number of aromatic nitrogens is 1. The maximum Gasteiger partial charge on any atom is 0.122 e. The smallest absolute Gasteiger partial charge is 0.122 e. The third-order valence-electron chi connectivity index (χ3n) is 3.08. The van der Waals surface area contributed by atoms with Gasteiger partial charge in [0, 0.05) is 30.9 Å². The minimum Gasteiger partial charge on any atom is -0.497 e. The Kier molecular flexibility index (Phi) is 4.94. The Morgan fingerprint density at radius 3 is 2.65 bits per heavy atom. The predicted molar refractivity (Wildman–Crippen MR) is 71.3 cm³/mol. The van der Waals surface area contributed by atoms with Gasteiger partial charge in [0.25, 0.3) is 0 Å². The summed E-state index contributed by atoms with van der Waals surface area (Å²) in [6, 6.07) is 3.93. The van der Waals surface area contributed by atoms with E-state index < -0.39 is 0 Å². The van der Waals surface area contributed by atoms with E-state index in [1.54, 1.807) is 7.11 Å². The quantitative estimate of drug-likeness (QED) is 0.824. The van der Waals surface area contributed by atoms with Gasteiger partial charge in [0.15, 0.2) is 0 Å². The van der Waals surface area contributed by atoms with Gasteiger partial charge in [-0.25, -0.2) is 0 Å². The molecule has 0 saturated heterocycles. The maximum absolute atomic E-state index is 5.24. The molecule has 0 radical (unpaired) electrons. The standard InChI is InChI=1S/C14H24N2O/c1-6-14(3,4)10-15-9-12-8-13(17-5)7-11(2)16-12/h7-8,15H,6,9-10H2,1-5H3. The van der Waals surface area contributed by atoms with Crippen LogP contribution in [0.3, 0.4) is 0 Å². The van der Waals surface area contributed by atoms with Crippen LogP contribution < -0.4 is 10.1 Å². The number of methoxy groups -OCH3 is 1. The van der Waals surface area contributed by atoms with Gasteiger partial charge in [0.05, 0.1) is 12.8 Å². The average molecular weight is 236 g/mol. The van der Waals surface area contributed by atoms with E-state index in [0.717, 1.165) is 30.2 Å². The minimum atomic E-state index is 0.341. The van der Waals surface area contributed by atoms with Gasteiger partial charge in [-0.1, -0.05) is 20.8 Å². The topological polar surface area (TPSA) is 34.1 Å². The average Bonchev–Trinajstić information content (AvgIpc) is 2.28. The molecule has 0 aliphatic rings. The van der Waals surface area contributed by atoms with Gasteiger partial charge < -0.3 is 10.1 Å². The van der Waals surface area contributed by atoms with Crippen LogP contribution in [0, 0.1) is 12.3 Å². The van der Waals surface area contributed by atoms with Gasteiger partial charge >= 0.3 is 0 Å². The summed E-state index contributed by atoms with van der Waals surface area (Å²) >= 11 is 0. The largest absolute Gasteiger partial charge is 0.497 e. The van der Waals surface area contributed by atoms with Crippen LogP contribution in [-0.2, 0) is 6.54 Å². The fourth-order valence-electron chi connectivity index (χ4n) is 1.57. The van der Waals surface area contributed by atoms with Gasteiger partial charge in [-0.05, 0) is 18.8 Å². The number of hydrogen-bond acceptors (Lipinski definition) is 3. The Hall–Kier alpha value is -1.09. The normalized spacial score (nSPS) is 11.6. The molecular formula is C14H24N2O. The number of rotatable bonds is 6. The lowest BCUT2D eigenvalue weighted by Crippen LogP contribution is -2.28. The fraction of sp³-hybridized carbons (Fsp3) is 0.643. The van der Waals surface area contributed by atoms with Crippen LogP contribution in [0.4, 0.5) is 0 Å². The van der Waals surface area contributed by atoms with Crippen molar-refractivity contribution in [1.29, 1.82) is 0 Å². The maximum atomic E-state index is 5.24. The fourth-order valence-corrected chi connectivity index (χ4v) is 1.57. The molecule has 1 N–H and O–H groups in total. The summed E-state index contributed by atoms with van der Waals surface area (Å²) in [6.45, 7) is 10.5. The Morgan fingerprint density at radius 2 is 2.06 bits per heavy atom. The van der Waals surface area contributed by atoms with Gasteiger partial charge in [-0.15, -0.1) is 0 Å². The van der Waals surface area contributed by atoms with Gasteiger partial charge in [0.1, 0.15) is 5.75 Å². The summed E-state index contributed by atoms with van der Waals surface area (Å²) in [4.78, 5) is 4.48. The molecule has 1 aromatic heterocycles. The second kappa shape index (κ2) is 6.01. The van der Waals surface area contributed by atoms with Crippen LogP contribution >= 0.6 is 0 Å². The summed E-state index contributed by atoms with van der Waals surface area (Å²) in [5.41, 5.74) is 2.37. The first-order chi connectivity index (χ1) is 7.96. The lowest BCUT2D eigenvalue weighted by molar-refractivity contribution is 0.327. The number of nitrogens with zero attached hydrogens (tertiary/aromatic N) is 1. The zero-order valence-electron chi connectivity index (χ0n) is 11.6. The van der Waals surface area contributed by atoms with Crippen LogP contribution in [0.5, 0.6) is 5.75 Å². The van der Waals surface area contributed by atoms with Crippen LogP contribution in [0.25, 0.3) is 0 Å². The lowest BCUT2D eigenvalue weighted by atomic mass is 9.90. The van der Waals surface area contributed by atoms with Crippen molar-refractivity contribution in [3.8, 4) is 5.75 Å². The highest BCUT2D eigenvalue weighted by molar-refractivity contribution is 5.26. The molecule has 0 aromatic carbocycles. The molecule has 1 heterocycles. The van der Waals surface area contributed by atoms with E-state index in [2.05, 4.69) is 31.1 Å². The second-order valence-corrected chi connectivity index (χ2v) is 5.26. The van der Waals surface area contributed by atoms with Crippen LogP contribution in [0.2, 0.25) is 0 Å². The second-order valence-electron chi connectivity index (χ2n) is 5.26. The first-order valence-corrected chi connectivity index (χ1v) is 6.19. The molecule has 0 aliphatic carbocycles. The monoisotopic (exact) mass is 236 g/mol. The SMILES string of the molecule is CCC(C)(C)CNCc1cc(OC)cc(C)n1. The van der Waals surface area contributed by atoms with Gasteiger partial charge in [0.2, 0.25) is 0 Å². The molecule has 0 atom stereocenters. The molecule has 17 heavy (non-hydrogen) atoms. The van der Waals surface area contributed by atoms with E-state index in [1.165, 1.54) is 6.42 Å². The van der Waals surface area contributed by atoms with E-state index in [4.69, 9.17) is 4.74 Å².